The first-order valence-electron chi connectivity index (χ1n) is 9.54. The Kier molecular flexibility index (Phi) is 4.92. The van der Waals surface area contributed by atoms with Crippen molar-refractivity contribution in [2.45, 2.75) is 40.3 Å². The minimum atomic E-state index is -0.172. The first kappa shape index (κ1) is 18.9. The lowest BCUT2D eigenvalue weighted by atomic mass is 9.94. The molecule has 0 aromatic carbocycles. The SMILES string of the molecule is Cc1cc(C(=O)N2CCc3c(cnc(C)c3CNC(=O)c3ccoc3C)C2)n[nH]1. The number of aromatic amines is 1. The third-order valence-electron chi connectivity index (χ3n) is 5.34. The van der Waals surface area contributed by atoms with Crippen LogP contribution in [0, 0.1) is 20.8 Å². The third kappa shape index (κ3) is 3.65. The van der Waals surface area contributed by atoms with Crippen molar-refractivity contribution in [2.24, 2.45) is 0 Å². The van der Waals surface area contributed by atoms with E-state index >= 15 is 0 Å². The number of aryl methyl sites for hydroxylation is 3. The molecule has 1 aliphatic rings. The number of carbonyl (C=O) groups is 2. The van der Waals surface area contributed by atoms with E-state index in [-0.39, 0.29) is 11.8 Å². The average Bonchev–Trinajstić information content (AvgIpc) is 3.34. The normalized spacial score (nSPS) is 13.3. The number of carbonyl (C=O) groups excluding carboxylic acids is 2. The summed E-state index contributed by atoms with van der Waals surface area (Å²) in [4.78, 5) is 31.4. The maximum atomic E-state index is 12.7. The van der Waals surface area contributed by atoms with E-state index in [2.05, 4.69) is 20.5 Å². The number of aromatic nitrogens is 3. The van der Waals surface area contributed by atoms with Crippen LogP contribution in [0.15, 0.2) is 29.0 Å². The second-order valence-electron chi connectivity index (χ2n) is 7.31. The molecular weight excluding hydrogens is 370 g/mol. The predicted octanol–water partition coefficient (Wildman–Crippen LogP) is 2.45. The van der Waals surface area contributed by atoms with Crippen LogP contribution >= 0.6 is 0 Å². The molecule has 2 amide bonds. The van der Waals surface area contributed by atoms with Crippen LogP contribution in [0.1, 0.15) is 54.7 Å². The number of hydrogen-bond acceptors (Lipinski definition) is 5. The number of nitrogens with one attached hydrogen (secondary N) is 2. The maximum absolute atomic E-state index is 12.7. The first-order valence-corrected chi connectivity index (χ1v) is 9.54. The summed E-state index contributed by atoms with van der Waals surface area (Å²) in [6, 6.07) is 3.42. The largest absolute Gasteiger partial charge is 0.469 e. The van der Waals surface area contributed by atoms with Crippen molar-refractivity contribution in [1.29, 1.82) is 0 Å². The molecule has 150 valence electrons. The molecule has 0 radical (unpaired) electrons. The molecule has 4 rings (SSSR count). The number of rotatable bonds is 4. The van der Waals surface area contributed by atoms with E-state index in [1.165, 1.54) is 6.26 Å². The number of nitrogens with zero attached hydrogens (tertiary/aromatic N) is 3. The van der Waals surface area contributed by atoms with E-state index in [0.29, 0.717) is 43.1 Å². The van der Waals surface area contributed by atoms with Crippen LogP contribution in [0.5, 0.6) is 0 Å². The van der Waals surface area contributed by atoms with Crippen LogP contribution in [0.3, 0.4) is 0 Å². The van der Waals surface area contributed by atoms with Gasteiger partial charge in [0.1, 0.15) is 11.5 Å². The summed E-state index contributed by atoms with van der Waals surface area (Å²) in [7, 11) is 0. The van der Waals surface area contributed by atoms with E-state index in [1.54, 1.807) is 24.0 Å². The second-order valence-corrected chi connectivity index (χ2v) is 7.31. The van der Waals surface area contributed by atoms with Crippen LogP contribution in [-0.4, -0.2) is 38.4 Å². The topological polar surface area (TPSA) is 104 Å². The molecule has 29 heavy (non-hydrogen) atoms. The number of H-pyrrole nitrogens is 1. The highest BCUT2D eigenvalue weighted by Gasteiger charge is 2.26. The Morgan fingerprint density at radius 3 is 2.83 bits per heavy atom. The zero-order valence-corrected chi connectivity index (χ0v) is 16.7. The Bertz CT molecular complexity index is 1080. The van der Waals surface area contributed by atoms with Gasteiger partial charge in [-0.2, -0.15) is 5.10 Å². The summed E-state index contributed by atoms with van der Waals surface area (Å²) >= 11 is 0. The van der Waals surface area contributed by atoms with Crippen molar-refractivity contribution in [3.8, 4) is 0 Å². The van der Waals surface area contributed by atoms with Gasteiger partial charge in [-0.3, -0.25) is 19.7 Å². The lowest BCUT2D eigenvalue weighted by molar-refractivity contribution is 0.0728. The Labute approximate surface area is 168 Å². The summed E-state index contributed by atoms with van der Waals surface area (Å²) in [6.45, 7) is 7.04. The standard InChI is InChI=1S/C21H23N5O3/c1-12-8-19(25-24-12)21(28)26-6-4-17-15(11-26)9-22-13(2)18(17)10-23-20(27)16-5-7-29-14(16)3/h5,7-9H,4,6,10-11H2,1-3H3,(H,23,27)(H,24,25). The van der Waals surface area contributed by atoms with Crippen LogP contribution in [0.25, 0.3) is 0 Å². The molecular formula is C21H23N5O3. The van der Waals surface area contributed by atoms with Gasteiger partial charge in [-0.1, -0.05) is 0 Å². The summed E-state index contributed by atoms with van der Waals surface area (Å²) in [5.41, 5.74) is 5.87. The number of amides is 2. The fourth-order valence-electron chi connectivity index (χ4n) is 3.70. The van der Waals surface area contributed by atoms with Crippen molar-refractivity contribution in [2.75, 3.05) is 6.54 Å². The zero-order valence-electron chi connectivity index (χ0n) is 16.7. The monoisotopic (exact) mass is 393 g/mol. The summed E-state index contributed by atoms with van der Waals surface area (Å²) < 4.78 is 5.21. The smallest absolute Gasteiger partial charge is 0.274 e. The highest BCUT2D eigenvalue weighted by molar-refractivity contribution is 5.95. The number of fused-ring (bicyclic) bond motifs is 1. The molecule has 1 aliphatic heterocycles. The molecule has 0 saturated heterocycles. The molecule has 0 spiro atoms. The van der Waals surface area contributed by atoms with E-state index in [4.69, 9.17) is 4.42 Å². The minimum Gasteiger partial charge on any atom is -0.469 e. The number of pyridine rings is 1. The Hall–Kier alpha value is -3.42. The van der Waals surface area contributed by atoms with Crippen LogP contribution in [0.4, 0.5) is 0 Å². The number of hydrogen-bond donors (Lipinski definition) is 2. The molecule has 2 N–H and O–H groups in total. The molecule has 0 unspecified atom stereocenters. The van der Waals surface area contributed by atoms with Crippen molar-refractivity contribution in [1.82, 2.24) is 25.4 Å². The van der Waals surface area contributed by atoms with Crippen molar-refractivity contribution < 1.29 is 14.0 Å². The minimum absolute atomic E-state index is 0.0918. The van der Waals surface area contributed by atoms with Crippen molar-refractivity contribution in [3.05, 3.63) is 69.7 Å². The maximum Gasteiger partial charge on any atom is 0.274 e. The molecule has 0 atom stereocenters. The quantitative estimate of drug-likeness (QED) is 0.709. The summed E-state index contributed by atoms with van der Waals surface area (Å²) in [6.07, 6.45) is 4.04. The Morgan fingerprint density at radius 2 is 2.14 bits per heavy atom. The molecule has 3 aromatic heterocycles. The molecule has 0 fully saturated rings. The second kappa shape index (κ2) is 7.54. The first-order chi connectivity index (χ1) is 13.9. The Balaban J connectivity index is 1.51. The average molecular weight is 393 g/mol. The van der Waals surface area contributed by atoms with E-state index in [1.807, 2.05) is 20.0 Å². The van der Waals surface area contributed by atoms with Gasteiger partial charge in [0, 0.05) is 37.2 Å². The molecule has 8 heteroatoms. The van der Waals surface area contributed by atoms with Gasteiger partial charge in [-0.25, -0.2) is 0 Å². The third-order valence-corrected chi connectivity index (χ3v) is 5.34. The van der Waals surface area contributed by atoms with Crippen LogP contribution < -0.4 is 5.32 Å². The van der Waals surface area contributed by atoms with E-state index in [9.17, 15) is 9.59 Å². The summed E-state index contributed by atoms with van der Waals surface area (Å²) in [5, 5.41) is 9.84. The van der Waals surface area contributed by atoms with Gasteiger partial charge in [0.15, 0.2) is 0 Å². The zero-order chi connectivity index (χ0) is 20.5. The predicted molar refractivity (Wildman–Crippen MR) is 105 cm³/mol. The number of furan rings is 1. The molecule has 4 heterocycles. The molecule has 0 saturated carbocycles. The van der Waals surface area contributed by atoms with Crippen LogP contribution in [-0.2, 0) is 19.5 Å². The van der Waals surface area contributed by atoms with Gasteiger partial charge in [0.2, 0.25) is 0 Å². The Morgan fingerprint density at radius 1 is 1.31 bits per heavy atom. The molecule has 0 bridgehead atoms. The van der Waals surface area contributed by atoms with Gasteiger partial charge < -0.3 is 14.6 Å². The molecule has 0 aliphatic carbocycles. The van der Waals surface area contributed by atoms with Crippen LogP contribution in [0.2, 0.25) is 0 Å². The highest BCUT2D eigenvalue weighted by Crippen LogP contribution is 2.25. The van der Waals surface area contributed by atoms with Crippen molar-refractivity contribution >= 4 is 11.8 Å². The highest BCUT2D eigenvalue weighted by atomic mass is 16.3. The van der Waals surface area contributed by atoms with E-state index < -0.39 is 0 Å². The van der Waals surface area contributed by atoms with Gasteiger partial charge in [-0.05, 0) is 56.0 Å². The van der Waals surface area contributed by atoms with Gasteiger partial charge in [-0.15, -0.1) is 0 Å². The van der Waals surface area contributed by atoms with Crippen molar-refractivity contribution in [3.63, 3.8) is 0 Å². The van der Waals surface area contributed by atoms with Gasteiger partial charge in [0.05, 0.1) is 11.8 Å². The van der Waals surface area contributed by atoms with Gasteiger partial charge >= 0.3 is 0 Å². The fraction of sp³-hybridized carbons (Fsp3) is 0.333. The lowest BCUT2D eigenvalue weighted by Crippen LogP contribution is -2.37. The molecule has 3 aromatic rings. The summed E-state index contributed by atoms with van der Waals surface area (Å²) in [5.74, 6) is 0.329. The fourth-order valence-corrected chi connectivity index (χ4v) is 3.70. The van der Waals surface area contributed by atoms with Gasteiger partial charge in [0.25, 0.3) is 11.8 Å². The molecule has 8 nitrogen and oxygen atoms in total. The van der Waals surface area contributed by atoms with E-state index in [0.717, 1.165) is 28.1 Å². The lowest BCUT2D eigenvalue weighted by Gasteiger charge is -2.30.